The Hall–Kier alpha value is -6.02. The molecule has 0 aliphatic rings. The van der Waals surface area contributed by atoms with E-state index in [0.29, 0.717) is 36.1 Å². The zero-order chi connectivity index (χ0) is 54.1. The van der Waals surface area contributed by atoms with Crippen molar-refractivity contribution in [3.8, 4) is 0 Å². The highest BCUT2D eigenvalue weighted by Gasteiger charge is 2.37. The third-order valence-corrected chi connectivity index (χ3v) is 13.0. The molecular formula is C52H80N8O11S. The maximum absolute atomic E-state index is 14.6. The molecule has 7 amide bonds. The fourth-order valence-electron chi connectivity index (χ4n) is 7.68. The average Bonchev–Trinajstić information content (AvgIpc) is 3.33. The molecule has 0 unspecified atom stereocenters. The summed E-state index contributed by atoms with van der Waals surface area (Å²) in [5, 5.41) is 38.3. The highest BCUT2D eigenvalue weighted by atomic mass is 32.2. The van der Waals surface area contributed by atoms with Gasteiger partial charge in [0.1, 0.15) is 42.3 Å². The van der Waals surface area contributed by atoms with Gasteiger partial charge >= 0.3 is 11.9 Å². The van der Waals surface area contributed by atoms with Crippen LogP contribution >= 0.6 is 11.8 Å². The lowest BCUT2D eigenvalue weighted by atomic mass is 9.93. The SMILES string of the molecule is CC[C@H](C)[C@H](NC(=O)[C@H](Cc1ccccc1)NC(=O)[C@H](Cc1ccccc1)NC(=O)[C@H](CCC(=O)O)NC(=O)[C@@H](N)CCSC)C(=O)N[C@H](C(=O)N[C@@H](CC(C)C)C(=O)N[C@@H](CC(C)C)C(=O)O)[C@@H](C)CC. The minimum atomic E-state index is -1.38. The lowest BCUT2D eigenvalue weighted by molar-refractivity contribution is -0.143. The first-order valence-corrected chi connectivity index (χ1v) is 26.3. The fraction of sp³-hybridized carbons (Fsp3) is 0.596. The van der Waals surface area contributed by atoms with Crippen LogP contribution in [0.3, 0.4) is 0 Å². The van der Waals surface area contributed by atoms with Crippen molar-refractivity contribution in [2.45, 2.75) is 162 Å². The number of hydrogen-bond donors (Lipinski definition) is 10. The number of nitrogens with one attached hydrogen (secondary N) is 7. The topological polar surface area (TPSA) is 304 Å². The molecule has 0 aliphatic carbocycles. The summed E-state index contributed by atoms with van der Waals surface area (Å²) in [4.78, 5) is 122. The van der Waals surface area contributed by atoms with Crippen LogP contribution in [0, 0.1) is 23.7 Å². The van der Waals surface area contributed by atoms with Crippen molar-refractivity contribution in [1.82, 2.24) is 37.2 Å². The van der Waals surface area contributed by atoms with Crippen molar-refractivity contribution in [1.29, 1.82) is 0 Å². The van der Waals surface area contributed by atoms with Crippen molar-refractivity contribution in [2.24, 2.45) is 29.4 Å². The van der Waals surface area contributed by atoms with E-state index in [9.17, 15) is 53.4 Å². The summed E-state index contributed by atoms with van der Waals surface area (Å²) in [5.41, 5.74) is 7.35. The van der Waals surface area contributed by atoms with Crippen LogP contribution in [0.1, 0.15) is 111 Å². The van der Waals surface area contributed by atoms with Gasteiger partial charge in [0, 0.05) is 19.3 Å². The predicted molar refractivity (Wildman–Crippen MR) is 277 cm³/mol. The number of rotatable bonds is 33. The van der Waals surface area contributed by atoms with Crippen LogP contribution in [-0.2, 0) is 56.0 Å². The fourth-order valence-corrected chi connectivity index (χ4v) is 8.17. The van der Waals surface area contributed by atoms with E-state index < -0.39 is 120 Å². The van der Waals surface area contributed by atoms with Crippen LogP contribution in [-0.4, -0.2) is 124 Å². The minimum Gasteiger partial charge on any atom is -0.481 e. The quantitative estimate of drug-likeness (QED) is 0.0493. The molecule has 0 fully saturated rings. The molecule has 0 radical (unpaired) electrons. The number of hydrogen-bond acceptors (Lipinski definition) is 11. The second kappa shape index (κ2) is 32.1. The molecule has 400 valence electrons. The van der Waals surface area contributed by atoms with Crippen molar-refractivity contribution in [3.63, 3.8) is 0 Å². The van der Waals surface area contributed by atoms with E-state index in [0.717, 1.165) is 0 Å². The van der Waals surface area contributed by atoms with E-state index >= 15 is 0 Å². The zero-order valence-corrected chi connectivity index (χ0v) is 44.1. The molecule has 0 saturated heterocycles. The summed E-state index contributed by atoms with van der Waals surface area (Å²) < 4.78 is 0. The van der Waals surface area contributed by atoms with Crippen LogP contribution in [0.4, 0.5) is 0 Å². The molecule has 2 rings (SSSR count). The van der Waals surface area contributed by atoms with Crippen LogP contribution < -0.4 is 43.0 Å². The second-order valence-corrected chi connectivity index (χ2v) is 20.3. The summed E-state index contributed by atoms with van der Waals surface area (Å²) in [7, 11) is 0. The monoisotopic (exact) mass is 1020 g/mol. The molecule has 2 aromatic carbocycles. The predicted octanol–water partition coefficient (Wildman–Crippen LogP) is 3.08. The number of benzene rings is 2. The van der Waals surface area contributed by atoms with Crippen LogP contribution in [0.15, 0.2) is 60.7 Å². The third kappa shape index (κ3) is 22.2. The summed E-state index contributed by atoms with van der Waals surface area (Å²) in [6, 6.07) is 7.75. The van der Waals surface area contributed by atoms with Gasteiger partial charge in [-0.25, -0.2) is 4.79 Å². The smallest absolute Gasteiger partial charge is 0.326 e. The van der Waals surface area contributed by atoms with Gasteiger partial charge in [0.05, 0.1) is 6.04 Å². The van der Waals surface area contributed by atoms with Crippen molar-refractivity contribution >= 4 is 65.1 Å². The van der Waals surface area contributed by atoms with Gasteiger partial charge in [-0.1, -0.05) is 129 Å². The summed E-state index contributed by atoms with van der Waals surface area (Å²) >= 11 is 1.48. The van der Waals surface area contributed by atoms with Crippen molar-refractivity contribution in [2.75, 3.05) is 12.0 Å². The Morgan fingerprint density at radius 3 is 1.31 bits per heavy atom. The Morgan fingerprint density at radius 1 is 0.500 bits per heavy atom. The number of nitrogens with two attached hydrogens (primary N) is 1. The Labute approximate surface area is 428 Å². The summed E-state index contributed by atoms with van der Waals surface area (Å²) in [5.74, 6) is -8.06. The van der Waals surface area contributed by atoms with Gasteiger partial charge in [0.15, 0.2) is 0 Å². The minimum absolute atomic E-state index is 0.0413. The summed E-state index contributed by atoms with van der Waals surface area (Å²) in [6.07, 6.45) is 2.42. The van der Waals surface area contributed by atoms with Gasteiger partial charge in [0.25, 0.3) is 0 Å². The van der Waals surface area contributed by atoms with E-state index in [1.807, 2.05) is 47.8 Å². The number of carboxylic acids is 2. The van der Waals surface area contributed by atoms with Gasteiger partial charge in [0.2, 0.25) is 41.4 Å². The van der Waals surface area contributed by atoms with E-state index in [1.54, 1.807) is 74.5 Å². The Bertz CT molecular complexity index is 2080. The Kier molecular flexibility index (Phi) is 27.7. The molecule has 0 aromatic heterocycles. The van der Waals surface area contributed by atoms with Crippen molar-refractivity contribution in [3.05, 3.63) is 71.8 Å². The van der Waals surface area contributed by atoms with Gasteiger partial charge < -0.3 is 53.2 Å². The molecule has 0 aliphatic heterocycles. The standard InChI is InChI=1S/C52H80N8O11S/c1-10-32(7)43(50(68)57-38(26-30(3)4)47(65)58-41(52(70)71)27-31(5)6)60-51(69)44(33(8)11-2)59-49(67)40(29-35-20-16-13-17-21-35)56-48(66)39(28-34-18-14-12-15-19-34)55-46(64)37(22-23-42(61)62)54-45(63)36(53)24-25-72-9/h12-21,30-33,36-41,43-44H,10-11,22-29,53H2,1-9H3,(H,54,63)(H,55,64)(H,56,66)(H,57,68)(H,58,65)(H,59,67)(H,60,69)(H,61,62)(H,70,71)/t32-,33-,36-,37-,38-,39-,40-,41-,43-,44-/m0/s1. The average molecular weight is 1030 g/mol. The Balaban J connectivity index is 2.53. The molecule has 0 spiro atoms. The lowest BCUT2D eigenvalue weighted by Crippen LogP contribution is -2.62. The van der Waals surface area contributed by atoms with Crippen LogP contribution in [0.25, 0.3) is 0 Å². The molecular weight excluding hydrogens is 945 g/mol. The molecule has 10 atom stereocenters. The van der Waals surface area contributed by atoms with Gasteiger partial charge in [-0.15, -0.1) is 0 Å². The lowest BCUT2D eigenvalue weighted by Gasteiger charge is -2.31. The molecule has 2 aromatic rings. The maximum atomic E-state index is 14.6. The molecule has 19 nitrogen and oxygen atoms in total. The van der Waals surface area contributed by atoms with Gasteiger partial charge in [-0.05, 0) is 72.5 Å². The summed E-state index contributed by atoms with van der Waals surface area (Å²) in [6.45, 7) is 14.5. The van der Waals surface area contributed by atoms with Gasteiger partial charge in [-0.2, -0.15) is 11.8 Å². The molecule has 72 heavy (non-hydrogen) atoms. The largest absolute Gasteiger partial charge is 0.481 e. The van der Waals surface area contributed by atoms with E-state index in [1.165, 1.54) is 11.8 Å². The van der Waals surface area contributed by atoms with Crippen molar-refractivity contribution < 1.29 is 53.4 Å². The molecule has 11 N–H and O–H groups in total. The molecule has 0 heterocycles. The highest BCUT2D eigenvalue weighted by molar-refractivity contribution is 7.98. The zero-order valence-electron chi connectivity index (χ0n) is 43.3. The molecule has 0 bridgehead atoms. The molecule has 0 saturated carbocycles. The number of amides is 7. The second-order valence-electron chi connectivity index (χ2n) is 19.3. The highest BCUT2D eigenvalue weighted by Crippen LogP contribution is 2.16. The first-order valence-electron chi connectivity index (χ1n) is 24.9. The third-order valence-electron chi connectivity index (χ3n) is 12.3. The molecule has 20 heteroatoms. The first-order chi connectivity index (χ1) is 34.0. The Morgan fingerprint density at radius 2 is 0.875 bits per heavy atom. The number of carboxylic acid groups (broad SMARTS) is 2. The van der Waals surface area contributed by atoms with E-state index in [-0.39, 0.29) is 43.9 Å². The normalized spacial score (nSPS) is 15.4. The number of aliphatic carboxylic acids is 2. The van der Waals surface area contributed by atoms with Crippen LogP contribution in [0.2, 0.25) is 0 Å². The number of carbonyl (C=O) groups excluding carboxylic acids is 7. The number of thioether (sulfide) groups is 1. The van der Waals surface area contributed by atoms with Crippen LogP contribution in [0.5, 0.6) is 0 Å². The first kappa shape index (κ1) is 62.1. The number of carbonyl (C=O) groups is 9. The van der Waals surface area contributed by atoms with E-state index in [2.05, 4.69) is 37.2 Å². The maximum Gasteiger partial charge on any atom is 0.326 e. The van der Waals surface area contributed by atoms with Gasteiger partial charge in [-0.3, -0.25) is 38.4 Å². The van der Waals surface area contributed by atoms with E-state index in [4.69, 9.17) is 5.73 Å².